The van der Waals surface area contributed by atoms with Gasteiger partial charge in [0.05, 0.1) is 36.7 Å². The van der Waals surface area contributed by atoms with Crippen LogP contribution in [0.2, 0.25) is 0 Å². The number of aliphatic hydroxyl groups excluding tert-OH is 4. The van der Waals surface area contributed by atoms with Crippen molar-refractivity contribution in [3.05, 3.63) is 59.2 Å². The minimum atomic E-state index is -1.26. The molecule has 2 aromatic rings. The number of nitrogens with one attached hydrogen (secondary N) is 1. The summed E-state index contributed by atoms with van der Waals surface area (Å²) in [6.07, 6.45) is -2.07. The average Bonchev–Trinajstić information content (AvgIpc) is 3.32. The Kier molecular flexibility index (Phi) is 8.38. The normalized spacial score (nSPS) is 26.5. The standard InChI is InChI=1S/C25H36N4O5/c26-20-12-19(15-29-9-1-11-34-29)6-7-21(20)27-13-17-2-4-18(5-3-17)14-28-10-8-23(31)25(33)24(32)22(28)16-30/h2-7,12,22-25,27,30-33H,1,8-11,13-16,26H2/t22-,23+,24-,25-/m1/s1. The topological polar surface area (TPSA) is 135 Å². The molecule has 9 nitrogen and oxygen atoms in total. The molecule has 9 heteroatoms. The number of benzene rings is 2. The molecule has 2 aliphatic heterocycles. The van der Waals surface area contributed by atoms with Crippen molar-refractivity contribution in [2.45, 2.75) is 56.8 Å². The molecule has 34 heavy (non-hydrogen) atoms. The van der Waals surface area contributed by atoms with Gasteiger partial charge in [-0.3, -0.25) is 9.74 Å². The summed E-state index contributed by atoms with van der Waals surface area (Å²) in [6.45, 7) is 3.76. The number of aliphatic hydroxyl groups is 4. The van der Waals surface area contributed by atoms with Gasteiger partial charge in [0.25, 0.3) is 0 Å². The first-order valence-corrected chi connectivity index (χ1v) is 11.9. The highest BCUT2D eigenvalue weighted by Gasteiger charge is 2.37. The Labute approximate surface area is 200 Å². The monoisotopic (exact) mass is 472 g/mol. The van der Waals surface area contributed by atoms with Gasteiger partial charge in [-0.25, -0.2) is 0 Å². The lowest BCUT2D eigenvalue weighted by molar-refractivity contribution is -0.117. The SMILES string of the molecule is Nc1cc(CN2CCCO2)ccc1NCc1ccc(CN2CC[C@H](O)[C@@H](O)[C@H](O)[C@H]2CO)cc1. The van der Waals surface area contributed by atoms with E-state index in [1.165, 1.54) is 0 Å². The zero-order valence-electron chi connectivity index (χ0n) is 19.4. The molecule has 7 N–H and O–H groups in total. The van der Waals surface area contributed by atoms with Crippen molar-refractivity contribution < 1.29 is 25.3 Å². The van der Waals surface area contributed by atoms with Gasteiger partial charge in [-0.15, -0.1) is 0 Å². The Morgan fingerprint density at radius 3 is 2.35 bits per heavy atom. The predicted octanol–water partition coefficient (Wildman–Crippen LogP) is 0.667. The third-order valence-electron chi connectivity index (χ3n) is 6.70. The quantitative estimate of drug-likeness (QED) is 0.307. The lowest BCUT2D eigenvalue weighted by atomic mass is 10.0. The first-order valence-electron chi connectivity index (χ1n) is 11.9. The van der Waals surface area contributed by atoms with Crippen LogP contribution < -0.4 is 11.1 Å². The first kappa shape index (κ1) is 24.9. The fourth-order valence-corrected chi connectivity index (χ4v) is 4.62. The van der Waals surface area contributed by atoms with Crippen LogP contribution in [0.1, 0.15) is 29.5 Å². The van der Waals surface area contributed by atoms with Gasteiger partial charge in [-0.1, -0.05) is 30.3 Å². The fourth-order valence-electron chi connectivity index (χ4n) is 4.62. The number of rotatable bonds is 8. The summed E-state index contributed by atoms with van der Waals surface area (Å²) in [6, 6.07) is 13.5. The van der Waals surface area contributed by atoms with E-state index in [0.717, 1.165) is 48.5 Å². The highest BCUT2D eigenvalue weighted by atomic mass is 16.7. The van der Waals surface area contributed by atoms with E-state index in [1.807, 2.05) is 46.4 Å². The van der Waals surface area contributed by atoms with E-state index in [0.29, 0.717) is 31.7 Å². The maximum Gasteiger partial charge on any atom is 0.107 e. The van der Waals surface area contributed by atoms with Gasteiger partial charge in [-0.05, 0) is 41.7 Å². The van der Waals surface area contributed by atoms with Crippen molar-refractivity contribution in [1.82, 2.24) is 9.96 Å². The number of anilines is 2. The Hall–Kier alpha value is -2.24. The van der Waals surface area contributed by atoms with Gasteiger partial charge in [0.15, 0.2) is 0 Å². The number of hydroxylamine groups is 2. The van der Waals surface area contributed by atoms with E-state index in [2.05, 4.69) is 11.4 Å². The van der Waals surface area contributed by atoms with Crippen molar-refractivity contribution in [2.75, 3.05) is 37.4 Å². The van der Waals surface area contributed by atoms with Gasteiger partial charge in [-0.2, -0.15) is 5.06 Å². The fraction of sp³-hybridized carbons (Fsp3) is 0.520. The van der Waals surface area contributed by atoms with Crippen LogP contribution in [0, 0.1) is 0 Å². The Morgan fingerprint density at radius 1 is 0.941 bits per heavy atom. The summed E-state index contributed by atoms with van der Waals surface area (Å²) in [7, 11) is 0. The molecular formula is C25H36N4O5. The van der Waals surface area contributed by atoms with Gasteiger partial charge >= 0.3 is 0 Å². The van der Waals surface area contributed by atoms with E-state index in [4.69, 9.17) is 10.6 Å². The van der Waals surface area contributed by atoms with Gasteiger partial charge < -0.3 is 31.5 Å². The number of hydrogen-bond acceptors (Lipinski definition) is 9. The van der Waals surface area contributed by atoms with Crippen LogP contribution in [0.15, 0.2) is 42.5 Å². The molecule has 186 valence electrons. The molecule has 4 rings (SSSR count). The Morgan fingerprint density at radius 2 is 1.68 bits per heavy atom. The van der Waals surface area contributed by atoms with Gasteiger partial charge in [0, 0.05) is 32.7 Å². The van der Waals surface area contributed by atoms with Crippen molar-refractivity contribution in [3.8, 4) is 0 Å². The maximum absolute atomic E-state index is 10.3. The summed E-state index contributed by atoms with van der Waals surface area (Å²) >= 11 is 0. The smallest absolute Gasteiger partial charge is 0.107 e. The Bertz CT molecular complexity index is 922. The lowest BCUT2D eigenvalue weighted by Gasteiger charge is -2.32. The van der Waals surface area contributed by atoms with Crippen molar-refractivity contribution in [2.24, 2.45) is 0 Å². The number of likely N-dealkylation sites (tertiary alicyclic amines) is 1. The number of hydrogen-bond donors (Lipinski definition) is 6. The molecule has 2 aromatic carbocycles. The molecule has 0 bridgehead atoms. The van der Waals surface area contributed by atoms with Crippen molar-refractivity contribution in [1.29, 1.82) is 0 Å². The summed E-state index contributed by atoms with van der Waals surface area (Å²) in [5.41, 5.74) is 11.1. The molecule has 4 atom stereocenters. The Balaban J connectivity index is 1.32. The zero-order chi connectivity index (χ0) is 24.1. The molecule has 0 spiro atoms. The van der Waals surface area contributed by atoms with Crippen LogP contribution >= 0.6 is 0 Å². The number of nitrogens with zero attached hydrogens (tertiary/aromatic N) is 2. The van der Waals surface area contributed by atoms with Crippen LogP contribution in [0.4, 0.5) is 11.4 Å². The maximum atomic E-state index is 10.3. The van der Waals surface area contributed by atoms with Crippen LogP contribution in [0.25, 0.3) is 0 Å². The molecule has 2 aliphatic rings. The second-order valence-electron chi connectivity index (χ2n) is 9.20. The number of nitrogen functional groups attached to an aromatic ring is 1. The summed E-state index contributed by atoms with van der Waals surface area (Å²) in [4.78, 5) is 7.46. The zero-order valence-corrected chi connectivity index (χ0v) is 19.4. The third-order valence-corrected chi connectivity index (χ3v) is 6.70. The highest BCUT2D eigenvalue weighted by Crippen LogP contribution is 2.24. The van der Waals surface area contributed by atoms with Crippen LogP contribution in [0.5, 0.6) is 0 Å². The second-order valence-corrected chi connectivity index (χ2v) is 9.20. The minimum Gasteiger partial charge on any atom is -0.397 e. The summed E-state index contributed by atoms with van der Waals surface area (Å²) in [5, 5.41) is 45.4. The molecule has 2 fully saturated rings. The highest BCUT2D eigenvalue weighted by molar-refractivity contribution is 5.67. The predicted molar refractivity (Wildman–Crippen MR) is 130 cm³/mol. The van der Waals surface area contributed by atoms with Crippen LogP contribution in [-0.4, -0.2) is 81.0 Å². The number of nitrogens with two attached hydrogens (primary N) is 1. The van der Waals surface area contributed by atoms with E-state index in [1.54, 1.807) is 0 Å². The van der Waals surface area contributed by atoms with Crippen molar-refractivity contribution in [3.63, 3.8) is 0 Å². The van der Waals surface area contributed by atoms with E-state index in [-0.39, 0.29) is 6.61 Å². The molecule has 2 saturated heterocycles. The van der Waals surface area contributed by atoms with Gasteiger partial charge in [0.2, 0.25) is 0 Å². The molecule has 0 radical (unpaired) electrons. The molecular weight excluding hydrogens is 436 g/mol. The molecule has 0 saturated carbocycles. The average molecular weight is 473 g/mol. The molecule has 0 aromatic heterocycles. The summed E-state index contributed by atoms with van der Waals surface area (Å²) < 4.78 is 0. The molecule has 2 heterocycles. The molecule has 0 unspecified atom stereocenters. The second kappa shape index (κ2) is 11.5. The lowest BCUT2D eigenvalue weighted by Crippen LogP contribution is -2.50. The first-order chi connectivity index (χ1) is 16.4. The van der Waals surface area contributed by atoms with Crippen LogP contribution in [-0.2, 0) is 24.5 Å². The van der Waals surface area contributed by atoms with E-state index < -0.39 is 24.4 Å². The molecule has 0 amide bonds. The third kappa shape index (κ3) is 6.05. The van der Waals surface area contributed by atoms with Crippen molar-refractivity contribution >= 4 is 11.4 Å². The minimum absolute atomic E-state index is 0.293. The largest absolute Gasteiger partial charge is 0.397 e. The van der Waals surface area contributed by atoms with Gasteiger partial charge in [0.1, 0.15) is 12.2 Å². The van der Waals surface area contributed by atoms with E-state index in [9.17, 15) is 20.4 Å². The van der Waals surface area contributed by atoms with Crippen LogP contribution in [0.3, 0.4) is 0 Å². The molecule has 0 aliphatic carbocycles. The summed E-state index contributed by atoms with van der Waals surface area (Å²) in [5.74, 6) is 0. The van der Waals surface area contributed by atoms with E-state index >= 15 is 0 Å².